The molecular weight excluding hydrogens is 647 g/mol. The number of nitrogens with zero attached hydrogens (tertiary/aromatic N) is 4. The van der Waals surface area contributed by atoms with Gasteiger partial charge in [0.2, 0.25) is 0 Å². The van der Waals surface area contributed by atoms with Gasteiger partial charge < -0.3 is 15.2 Å². The Balaban J connectivity index is 1.54. The number of azo groups is 2. The Morgan fingerprint density at radius 3 is 1.96 bits per heavy atom. The van der Waals surface area contributed by atoms with Crippen molar-refractivity contribution in [2.24, 2.45) is 20.5 Å². The quantitative estimate of drug-likeness (QED) is 0.0872. The summed E-state index contributed by atoms with van der Waals surface area (Å²) in [6.07, 6.45) is 0. The fourth-order valence-electron chi connectivity index (χ4n) is 4.88. The number of para-hydroxylation sites is 1. The molecule has 0 fully saturated rings. The fourth-order valence-corrected chi connectivity index (χ4v) is 6.31. The van der Waals surface area contributed by atoms with Crippen LogP contribution in [0.25, 0.3) is 10.8 Å². The van der Waals surface area contributed by atoms with E-state index in [1.165, 1.54) is 31.4 Å². The van der Waals surface area contributed by atoms with E-state index in [0.717, 1.165) is 5.69 Å². The number of nitrogens with one attached hydrogen (secondary N) is 1. The molecule has 0 bridgehead atoms. The summed E-state index contributed by atoms with van der Waals surface area (Å²) in [6, 6.07) is 21.3. The number of methoxy groups -OCH3 is 1. The number of fused-ring (bicyclic) bond motifs is 1. The first kappa shape index (κ1) is 33.2. The predicted octanol–water partition coefficient (Wildman–Crippen LogP) is 8.55. The highest BCUT2D eigenvalue weighted by Crippen LogP contribution is 2.44. The van der Waals surface area contributed by atoms with E-state index >= 15 is 0 Å². The zero-order valence-corrected chi connectivity index (χ0v) is 27.1. The van der Waals surface area contributed by atoms with E-state index in [0.29, 0.717) is 27.8 Å². The minimum Gasteiger partial charge on any atom is -0.505 e. The normalized spacial score (nSPS) is 12.3. The van der Waals surface area contributed by atoms with Crippen LogP contribution in [0.5, 0.6) is 11.5 Å². The molecule has 0 aliphatic carbocycles. The number of rotatable bonds is 9. The Labute approximate surface area is 270 Å². The number of phenols is 1. The molecule has 5 aromatic rings. The highest BCUT2D eigenvalue weighted by molar-refractivity contribution is 7.86. The molecule has 242 valence electrons. The number of phenolic OH excluding ortho intramolecular Hbond substituents is 1. The SMILES string of the molecule is COc1cc(N=Nc2c(C)cc(C)cc2S(=O)(=O)O)c(C)cc1N=Nc1c(S(=O)(=O)O)cc2cc(Nc3ccccc3)ccc2c1O. The molecule has 5 aromatic carbocycles. The van der Waals surface area contributed by atoms with Crippen molar-refractivity contribution in [3.63, 3.8) is 0 Å². The smallest absolute Gasteiger partial charge is 0.296 e. The van der Waals surface area contributed by atoms with Crippen LogP contribution in [0.15, 0.2) is 109 Å². The Morgan fingerprint density at radius 2 is 1.30 bits per heavy atom. The lowest BCUT2D eigenvalue weighted by Gasteiger charge is -2.12. The van der Waals surface area contributed by atoms with E-state index in [-0.39, 0.29) is 33.1 Å². The van der Waals surface area contributed by atoms with Gasteiger partial charge in [0, 0.05) is 22.8 Å². The molecule has 5 rings (SSSR count). The summed E-state index contributed by atoms with van der Waals surface area (Å²) >= 11 is 0. The number of aromatic hydroxyl groups is 1. The lowest BCUT2D eigenvalue weighted by molar-refractivity contribution is 0.416. The molecular formula is C32H29N5O8S2. The molecule has 0 spiro atoms. The fraction of sp³-hybridized carbons (Fsp3) is 0.125. The van der Waals surface area contributed by atoms with Crippen molar-refractivity contribution in [3.8, 4) is 11.5 Å². The van der Waals surface area contributed by atoms with Crippen LogP contribution in [0.1, 0.15) is 16.7 Å². The van der Waals surface area contributed by atoms with E-state index in [9.17, 15) is 31.0 Å². The van der Waals surface area contributed by atoms with Gasteiger partial charge in [-0.3, -0.25) is 9.11 Å². The molecule has 0 saturated heterocycles. The second-order valence-corrected chi connectivity index (χ2v) is 13.4. The van der Waals surface area contributed by atoms with Crippen LogP contribution in [0, 0.1) is 20.8 Å². The van der Waals surface area contributed by atoms with Gasteiger partial charge in [-0.2, -0.15) is 21.9 Å². The molecule has 0 unspecified atom stereocenters. The maximum Gasteiger partial charge on any atom is 0.296 e. The maximum absolute atomic E-state index is 12.4. The van der Waals surface area contributed by atoms with Crippen molar-refractivity contribution in [1.29, 1.82) is 0 Å². The highest BCUT2D eigenvalue weighted by Gasteiger charge is 2.23. The molecule has 0 heterocycles. The average molecular weight is 676 g/mol. The third-order valence-electron chi connectivity index (χ3n) is 7.09. The van der Waals surface area contributed by atoms with Crippen LogP contribution in [0.4, 0.5) is 34.1 Å². The first-order valence-electron chi connectivity index (χ1n) is 13.9. The minimum atomic E-state index is -4.86. The van der Waals surface area contributed by atoms with E-state index in [1.807, 2.05) is 30.3 Å². The van der Waals surface area contributed by atoms with Gasteiger partial charge in [-0.25, -0.2) is 0 Å². The Morgan fingerprint density at radius 1 is 0.660 bits per heavy atom. The first-order valence-corrected chi connectivity index (χ1v) is 16.7. The standard InChI is InChI=1S/C32H29N5O8S2/c1-18-12-20(3)30(28(13-18)46(39,40)41)36-34-25-17-27(45-4)26(14-19(25)2)35-37-31-29(47(42,43)44)16-21-15-23(10-11-24(21)32(31)38)33-22-8-6-5-7-9-22/h5-17,33,38H,1-4H3,(H,39,40,41)(H,42,43,44). The number of anilines is 2. The second kappa shape index (κ2) is 12.9. The van der Waals surface area contributed by atoms with Crippen molar-refractivity contribution in [3.05, 3.63) is 95.6 Å². The lowest BCUT2D eigenvalue weighted by atomic mass is 10.1. The molecule has 0 saturated carbocycles. The van der Waals surface area contributed by atoms with Gasteiger partial charge in [0.15, 0.2) is 5.75 Å². The van der Waals surface area contributed by atoms with Gasteiger partial charge in [0.25, 0.3) is 20.2 Å². The number of ether oxygens (including phenoxy) is 1. The van der Waals surface area contributed by atoms with E-state index in [1.54, 1.807) is 45.0 Å². The van der Waals surface area contributed by atoms with Crippen LogP contribution < -0.4 is 10.1 Å². The van der Waals surface area contributed by atoms with Crippen molar-refractivity contribution < 1.29 is 35.8 Å². The van der Waals surface area contributed by atoms with Crippen LogP contribution in [0.2, 0.25) is 0 Å². The van der Waals surface area contributed by atoms with Gasteiger partial charge in [0.1, 0.15) is 32.6 Å². The van der Waals surface area contributed by atoms with E-state index < -0.39 is 36.6 Å². The minimum absolute atomic E-state index is 0.0345. The summed E-state index contributed by atoms with van der Waals surface area (Å²) < 4.78 is 73.9. The van der Waals surface area contributed by atoms with Crippen LogP contribution >= 0.6 is 0 Å². The summed E-state index contributed by atoms with van der Waals surface area (Å²) in [7, 11) is -8.09. The molecule has 0 amide bonds. The highest BCUT2D eigenvalue weighted by atomic mass is 32.2. The Kier molecular flexibility index (Phi) is 9.09. The molecule has 13 nitrogen and oxygen atoms in total. The van der Waals surface area contributed by atoms with E-state index in [4.69, 9.17) is 4.74 Å². The van der Waals surface area contributed by atoms with Crippen LogP contribution in [-0.4, -0.2) is 38.2 Å². The van der Waals surface area contributed by atoms with Crippen LogP contribution in [-0.2, 0) is 20.2 Å². The lowest BCUT2D eigenvalue weighted by Crippen LogP contribution is -2.00. The predicted molar refractivity (Wildman–Crippen MR) is 177 cm³/mol. The van der Waals surface area contributed by atoms with E-state index in [2.05, 4.69) is 25.8 Å². The van der Waals surface area contributed by atoms with Gasteiger partial charge in [-0.05, 0) is 91.4 Å². The summed E-state index contributed by atoms with van der Waals surface area (Å²) in [4.78, 5) is -1.05. The monoisotopic (exact) mass is 675 g/mol. The van der Waals surface area contributed by atoms with Gasteiger partial charge in [0.05, 0.1) is 12.8 Å². The molecule has 0 atom stereocenters. The molecule has 15 heteroatoms. The van der Waals surface area contributed by atoms with Crippen molar-refractivity contribution >= 4 is 65.1 Å². The Bertz CT molecular complexity index is 2310. The third-order valence-corrected chi connectivity index (χ3v) is 8.83. The summed E-state index contributed by atoms with van der Waals surface area (Å²) in [5.74, 6) is -0.386. The topological polar surface area (TPSA) is 200 Å². The molecule has 0 aromatic heterocycles. The van der Waals surface area contributed by atoms with Crippen LogP contribution in [0.3, 0.4) is 0 Å². The van der Waals surface area contributed by atoms with Crippen molar-refractivity contribution in [2.75, 3.05) is 12.4 Å². The second-order valence-electron chi connectivity index (χ2n) is 10.6. The average Bonchev–Trinajstić information content (AvgIpc) is 3.00. The van der Waals surface area contributed by atoms with Gasteiger partial charge in [-0.1, -0.05) is 24.3 Å². The third kappa shape index (κ3) is 7.28. The van der Waals surface area contributed by atoms with Crippen molar-refractivity contribution in [1.82, 2.24) is 0 Å². The zero-order valence-electron chi connectivity index (χ0n) is 25.5. The summed E-state index contributed by atoms with van der Waals surface area (Å²) in [6.45, 7) is 4.98. The molecule has 0 aliphatic heterocycles. The molecule has 0 aliphatic rings. The Hall–Kier alpha value is -5.22. The maximum atomic E-state index is 12.4. The molecule has 47 heavy (non-hydrogen) atoms. The van der Waals surface area contributed by atoms with Gasteiger partial charge >= 0.3 is 0 Å². The number of hydrogen-bond acceptors (Lipinski definition) is 11. The summed E-state index contributed by atoms with van der Waals surface area (Å²) in [5, 5.41) is 31.3. The molecule has 4 N–H and O–H groups in total. The number of benzene rings is 5. The zero-order chi connectivity index (χ0) is 34.1. The number of hydrogen-bond donors (Lipinski definition) is 4. The largest absolute Gasteiger partial charge is 0.505 e. The van der Waals surface area contributed by atoms with Crippen molar-refractivity contribution in [2.45, 2.75) is 30.6 Å². The van der Waals surface area contributed by atoms with Gasteiger partial charge in [-0.15, -0.1) is 15.3 Å². The summed E-state index contributed by atoms with van der Waals surface area (Å²) in [5.41, 5.74) is 2.87. The first-order chi connectivity index (χ1) is 22.2. The number of aryl methyl sites for hydroxylation is 3. The molecule has 0 radical (unpaired) electrons.